The predicted octanol–water partition coefficient (Wildman–Crippen LogP) is 1.22. The molecule has 1 aromatic heterocycles. The van der Waals surface area contributed by atoms with Crippen LogP contribution in [0, 0.1) is 6.92 Å². The van der Waals surface area contributed by atoms with E-state index in [-0.39, 0.29) is 17.8 Å². The molecule has 0 radical (unpaired) electrons. The number of aromatic nitrogens is 1. The minimum Gasteiger partial charge on any atom is -0.478 e. The fourth-order valence-corrected chi connectivity index (χ4v) is 1.18. The third kappa shape index (κ3) is 2.39. The zero-order valence-electron chi connectivity index (χ0n) is 8.07. The molecule has 0 saturated heterocycles. The Morgan fingerprint density at radius 1 is 1.50 bits per heavy atom. The lowest BCUT2D eigenvalue weighted by atomic mass is 10.1. The van der Waals surface area contributed by atoms with Crippen LogP contribution in [0.2, 0.25) is 0 Å². The van der Waals surface area contributed by atoms with Gasteiger partial charge in [-0.25, -0.2) is 4.79 Å². The van der Waals surface area contributed by atoms with Crippen molar-refractivity contribution in [1.82, 2.24) is 4.98 Å². The second-order valence-electron chi connectivity index (χ2n) is 3.16. The van der Waals surface area contributed by atoms with Gasteiger partial charge >= 0.3 is 5.97 Å². The molecule has 0 aliphatic rings. The van der Waals surface area contributed by atoms with E-state index in [9.17, 15) is 9.59 Å². The summed E-state index contributed by atoms with van der Waals surface area (Å²) in [6.45, 7) is 3.08. The maximum absolute atomic E-state index is 10.8. The van der Waals surface area contributed by atoms with Crippen molar-refractivity contribution in [2.24, 2.45) is 0 Å². The van der Waals surface area contributed by atoms with Crippen LogP contribution in [0.5, 0.6) is 0 Å². The van der Waals surface area contributed by atoms with E-state index < -0.39 is 5.97 Å². The van der Waals surface area contributed by atoms with Crippen molar-refractivity contribution in [3.05, 3.63) is 29.1 Å². The first-order valence-corrected chi connectivity index (χ1v) is 4.19. The minimum atomic E-state index is -1.01. The van der Waals surface area contributed by atoms with Gasteiger partial charge < -0.3 is 5.11 Å². The molecule has 0 spiro atoms. The van der Waals surface area contributed by atoms with Gasteiger partial charge in [-0.1, -0.05) is 0 Å². The maximum atomic E-state index is 10.8. The fraction of sp³-hybridized carbons (Fsp3) is 0.300. The van der Waals surface area contributed by atoms with Crippen molar-refractivity contribution in [3.8, 4) is 0 Å². The highest BCUT2D eigenvalue weighted by atomic mass is 16.4. The summed E-state index contributed by atoms with van der Waals surface area (Å²) >= 11 is 0. The highest BCUT2D eigenvalue weighted by Crippen LogP contribution is 2.08. The van der Waals surface area contributed by atoms with E-state index in [1.807, 2.05) is 0 Å². The summed E-state index contributed by atoms with van der Waals surface area (Å²) in [5.41, 5.74) is 1.26. The monoisotopic (exact) mass is 193 g/mol. The summed E-state index contributed by atoms with van der Waals surface area (Å²) in [5, 5.41) is 8.80. The standard InChI is InChI=1S/C10H11NO3/c1-6(12)3-8-4-9(10(13)14)7(2)11-5-8/h4-5H,3H2,1-2H3,(H,13,14). The van der Waals surface area contributed by atoms with Gasteiger partial charge in [-0.3, -0.25) is 9.78 Å². The van der Waals surface area contributed by atoms with E-state index in [1.54, 1.807) is 6.92 Å². The van der Waals surface area contributed by atoms with Gasteiger partial charge in [-0.15, -0.1) is 0 Å². The van der Waals surface area contributed by atoms with Crippen molar-refractivity contribution in [2.75, 3.05) is 0 Å². The third-order valence-corrected chi connectivity index (χ3v) is 1.83. The van der Waals surface area contributed by atoms with Crippen LogP contribution in [0.1, 0.15) is 28.5 Å². The molecule has 0 bridgehead atoms. The molecule has 4 heteroatoms. The molecule has 0 aliphatic heterocycles. The van der Waals surface area contributed by atoms with Crippen molar-refractivity contribution >= 4 is 11.8 Å². The number of pyridine rings is 1. The highest BCUT2D eigenvalue weighted by molar-refractivity contribution is 5.89. The molecule has 4 nitrogen and oxygen atoms in total. The Morgan fingerprint density at radius 2 is 2.14 bits per heavy atom. The van der Waals surface area contributed by atoms with E-state index in [4.69, 9.17) is 5.11 Å². The van der Waals surface area contributed by atoms with E-state index >= 15 is 0 Å². The van der Waals surface area contributed by atoms with Crippen LogP contribution in [0.3, 0.4) is 0 Å². The van der Waals surface area contributed by atoms with Gasteiger partial charge in [0.05, 0.1) is 11.3 Å². The summed E-state index contributed by atoms with van der Waals surface area (Å²) in [6, 6.07) is 1.49. The number of ketones is 1. The van der Waals surface area contributed by atoms with Crippen LogP contribution in [-0.2, 0) is 11.2 Å². The lowest BCUT2D eigenvalue weighted by molar-refractivity contribution is -0.116. The second-order valence-corrected chi connectivity index (χ2v) is 3.16. The lowest BCUT2D eigenvalue weighted by Crippen LogP contribution is -2.05. The van der Waals surface area contributed by atoms with Gasteiger partial charge in [0.25, 0.3) is 0 Å². The van der Waals surface area contributed by atoms with Crippen LogP contribution in [0.25, 0.3) is 0 Å². The smallest absolute Gasteiger partial charge is 0.337 e. The van der Waals surface area contributed by atoms with Crippen molar-refractivity contribution < 1.29 is 14.7 Å². The lowest BCUT2D eigenvalue weighted by Gasteiger charge is -2.02. The summed E-state index contributed by atoms with van der Waals surface area (Å²) < 4.78 is 0. The zero-order chi connectivity index (χ0) is 10.7. The van der Waals surface area contributed by atoms with Crippen LogP contribution in [0.15, 0.2) is 12.3 Å². The Morgan fingerprint density at radius 3 is 2.64 bits per heavy atom. The molecule has 0 fully saturated rings. The maximum Gasteiger partial charge on any atom is 0.337 e. The first-order valence-electron chi connectivity index (χ1n) is 4.19. The van der Waals surface area contributed by atoms with E-state index in [2.05, 4.69) is 4.98 Å². The Bertz CT molecular complexity index is 385. The van der Waals surface area contributed by atoms with E-state index in [0.29, 0.717) is 11.3 Å². The Hall–Kier alpha value is -1.71. The molecule has 0 saturated carbocycles. The van der Waals surface area contributed by atoms with Gasteiger partial charge in [-0.05, 0) is 25.5 Å². The number of aryl methyl sites for hydroxylation is 1. The molecule has 0 aliphatic carbocycles. The predicted molar refractivity (Wildman–Crippen MR) is 50.3 cm³/mol. The quantitative estimate of drug-likeness (QED) is 0.783. The molecule has 1 rings (SSSR count). The van der Waals surface area contributed by atoms with Gasteiger partial charge in [0.2, 0.25) is 0 Å². The summed E-state index contributed by atoms with van der Waals surface area (Å²) in [6.07, 6.45) is 1.76. The van der Waals surface area contributed by atoms with Crippen molar-refractivity contribution in [3.63, 3.8) is 0 Å². The number of carbonyl (C=O) groups is 2. The zero-order valence-corrected chi connectivity index (χ0v) is 8.07. The molecule has 1 aromatic rings. The number of nitrogens with zero attached hydrogens (tertiary/aromatic N) is 1. The first kappa shape index (κ1) is 10.4. The first-order chi connectivity index (χ1) is 6.50. The topological polar surface area (TPSA) is 67.3 Å². The molecule has 14 heavy (non-hydrogen) atoms. The largest absolute Gasteiger partial charge is 0.478 e. The molecule has 74 valence electrons. The number of hydrogen-bond donors (Lipinski definition) is 1. The third-order valence-electron chi connectivity index (χ3n) is 1.83. The van der Waals surface area contributed by atoms with Gasteiger partial charge in [-0.2, -0.15) is 0 Å². The average Bonchev–Trinajstić information content (AvgIpc) is 2.07. The molecule has 0 aromatic carbocycles. The van der Waals surface area contributed by atoms with Crippen LogP contribution >= 0.6 is 0 Å². The molecule has 0 atom stereocenters. The highest BCUT2D eigenvalue weighted by Gasteiger charge is 2.09. The molecule has 0 unspecified atom stereocenters. The number of rotatable bonds is 3. The number of carboxylic acids is 1. The number of hydrogen-bond acceptors (Lipinski definition) is 3. The van der Waals surface area contributed by atoms with Gasteiger partial charge in [0.1, 0.15) is 5.78 Å². The summed E-state index contributed by atoms with van der Waals surface area (Å²) in [5.74, 6) is -1.02. The van der Waals surface area contributed by atoms with Crippen LogP contribution in [-0.4, -0.2) is 21.8 Å². The average molecular weight is 193 g/mol. The minimum absolute atomic E-state index is 0.00741. The van der Waals surface area contributed by atoms with Crippen LogP contribution < -0.4 is 0 Å². The number of aromatic carboxylic acids is 1. The van der Waals surface area contributed by atoms with Crippen molar-refractivity contribution in [1.29, 1.82) is 0 Å². The molecule has 1 heterocycles. The molecule has 0 amide bonds. The van der Waals surface area contributed by atoms with E-state index in [1.165, 1.54) is 19.2 Å². The van der Waals surface area contributed by atoms with Gasteiger partial charge in [0.15, 0.2) is 0 Å². The second kappa shape index (κ2) is 4.00. The SMILES string of the molecule is CC(=O)Cc1cnc(C)c(C(=O)O)c1. The molecule has 1 N–H and O–H groups in total. The summed E-state index contributed by atoms with van der Waals surface area (Å²) in [7, 11) is 0. The molecular formula is C10H11NO3. The van der Waals surface area contributed by atoms with E-state index in [0.717, 1.165) is 0 Å². The van der Waals surface area contributed by atoms with Crippen molar-refractivity contribution in [2.45, 2.75) is 20.3 Å². The normalized spacial score (nSPS) is 9.86. The number of Topliss-reactive ketones (excluding diaryl/α,β-unsaturated/α-hetero) is 1. The Kier molecular flexibility index (Phi) is 2.96. The fourth-order valence-electron chi connectivity index (χ4n) is 1.18. The number of carbonyl (C=O) groups excluding carboxylic acids is 1. The molecular weight excluding hydrogens is 182 g/mol. The summed E-state index contributed by atoms with van der Waals surface area (Å²) in [4.78, 5) is 25.5. The Labute approximate surface area is 81.6 Å². The number of carboxylic acid groups (broad SMARTS) is 1. The Balaban J connectivity index is 3.06. The van der Waals surface area contributed by atoms with Crippen LogP contribution in [0.4, 0.5) is 0 Å². The van der Waals surface area contributed by atoms with Gasteiger partial charge in [0, 0.05) is 12.6 Å².